The number of likely N-dealkylation sites (tertiary alicyclic amines) is 1. The van der Waals surface area contributed by atoms with E-state index in [1.807, 2.05) is 0 Å². The topological polar surface area (TPSA) is 79.8 Å². The fraction of sp³-hybridized carbons (Fsp3) is 0.381. The SMILES string of the molecule is COc1ccc(C(=O)N2CCC3(CC2)N(Cc2cccc(F)c2)C(=O)CS3=O)cn1. The number of carbonyl (C=O) groups is 2. The Morgan fingerprint density at radius 2 is 2.03 bits per heavy atom. The first kappa shape index (κ1) is 20.5. The minimum absolute atomic E-state index is 0.0360. The van der Waals surface area contributed by atoms with Crippen LogP contribution in [0.3, 0.4) is 0 Å². The molecule has 2 fully saturated rings. The van der Waals surface area contributed by atoms with Crippen molar-refractivity contribution in [2.24, 2.45) is 0 Å². The monoisotopic (exact) mass is 431 g/mol. The van der Waals surface area contributed by atoms with Crippen molar-refractivity contribution in [1.29, 1.82) is 0 Å². The number of methoxy groups -OCH3 is 1. The van der Waals surface area contributed by atoms with Crippen LogP contribution < -0.4 is 4.74 Å². The van der Waals surface area contributed by atoms with Crippen molar-refractivity contribution >= 4 is 22.6 Å². The third-order valence-electron chi connectivity index (χ3n) is 5.73. The number of pyridine rings is 1. The minimum atomic E-state index is -1.37. The van der Waals surface area contributed by atoms with E-state index in [1.54, 1.807) is 34.1 Å². The number of carbonyl (C=O) groups excluding carboxylic acids is 2. The number of hydrogen-bond acceptors (Lipinski definition) is 5. The van der Waals surface area contributed by atoms with Gasteiger partial charge < -0.3 is 14.5 Å². The van der Waals surface area contributed by atoms with Crippen LogP contribution in [0.4, 0.5) is 4.39 Å². The molecular formula is C21H22FN3O4S. The van der Waals surface area contributed by atoms with Crippen molar-refractivity contribution in [1.82, 2.24) is 14.8 Å². The lowest BCUT2D eigenvalue weighted by molar-refractivity contribution is -0.131. The molecule has 4 rings (SSSR count). The van der Waals surface area contributed by atoms with Gasteiger partial charge in [0.05, 0.1) is 23.5 Å². The Hall–Kier alpha value is -2.81. The molecule has 1 aromatic heterocycles. The molecule has 1 unspecified atom stereocenters. The van der Waals surface area contributed by atoms with Gasteiger partial charge in [0, 0.05) is 44.7 Å². The van der Waals surface area contributed by atoms with Crippen molar-refractivity contribution in [3.8, 4) is 5.88 Å². The second-order valence-electron chi connectivity index (χ2n) is 7.43. The summed E-state index contributed by atoms with van der Waals surface area (Å²) in [5.74, 6) is -0.339. The van der Waals surface area contributed by atoms with E-state index in [0.29, 0.717) is 42.9 Å². The summed E-state index contributed by atoms with van der Waals surface area (Å²) in [6, 6.07) is 9.37. The zero-order chi connectivity index (χ0) is 21.3. The molecule has 9 heteroatoms. The van der Waals surface area contributed by atoms with Crippen LogP contribution in [-0.4, -0.2) is 61.6 Å². The van der Waals surface area contributed by atoms with Gasteiger partial charge in [0.1, 0.15) is 16.4 Å². The van der Waals surface area contributed by atoms with Crippen LogP contribution in [0.25, 0.3) is 0 Å². The molecule has 1 aromatic carbocycles. The number of nitrogens with zero attached hydrogens (tertiary/aromatic N) is 3. The molecule has 1 atom stereocenters. The maximum absolute atomic E-state index is 13.6. The zero-order valence-corrected chi connectivity index (χ0v) is 17.4. The fourth-order valence-corrected chi connectivity index (χ4v) is 5.79. The summed E-state index contributed by atoms with van der Waals surface area (Å²) >= 11 is 0. The van der Waals surface area contributed by atoms with Crippen LogP contribution in [0, 0.1) is 5.82 Å². The third kappa shape index (κ3) is 3.69. The van der Waals surface area contributed by atoms with Gasteiger partial charge in [0.15, 0.2) is 0 Å². The molecule has 0 aliphatic carbocycles. The lowest BCUT2D eigenvalue weighted by atomic mass is 10.0. The summed E-state index contributed by atoms with van der Waals surface area (Å²) in [6.07, 6.45) is 2.30. The molecule has 2 aliphatic heterocycles. The number of ether oxygens (including phenoxy) is 1. The van der Waals surface area contributed by atoms with Gasteiger partial charge in [-0.05, 0) is 23.8 Å². The van der Waals surface area contributed by atoms with Crippen LogP contribution in [0.5, 0.6) is 5.88 Å². The smallest absolute Gasteiger partial charge is 0.255 e. The molecule has 0 N–H and O–H groups in total. The van der Waals surface area contributed by atoms with Crippen LogP contribution in [0.15, 0.2) is 42.6 Å². The summed E-state index contributed by atoms with van der Waals surface area (Å²) < 4.78 is 31.5. The van der Waals surface area contributed by atoms with Crippen LogP contribution in [0.2, 0.25) is 0 Å². The molecule has 2 saturated heterocycles. The largest absolute Gasteiger partial charge is 0.481 e. The lowest BCUT2D eigenvalue weighted by Gasteiger charge is -2.43. The van der Waals surface area contributed by atoms with Crippen LogP contribution >= 0.6 is 0 Å². The van der Waals surface area contributed by atoms with Gasteiger partial charge in [-0.2, -0.15) is 0 Å². The molecule has 1 spiro atoms. The highest BCUT2D eigenvalue weighted by atomic mass is 32.2. The number of halogens is 1. The standard InChI is InChI=1S/C21H22FN3O4S/c1-29-18-6-5-16(12-23-18)20(27)24-9-7-21(8-10-24)25(19(26)14-30(21)28)13-15-3-2-4-17(22)11-15/h2-6,11-12H,7-10,13-14H2,1H3. The Balaban J connectivity index is 1.49. The minimum Gasteiger partial charge on any atom is -0.481 e. The number of aromatic nitrogens is 1. The summed E-state index contributed by atoms with van der Waals surface area (Å²) in [7, 11) is 0.138. The number of piperidine rings is 1. The van der Waals surface area contributed by atoms with E-state index in [-0.39, 0.29) is 29.9 Å². The highest BCUT2D eigenvalue weighted by Gasteiger charge is 2.53. The second kappa shape index (κ2) is 8.14. The normalized spacial score (nSPS) is 20.6. The summed E-state index contributed by atoms with van der Waals surface area (Å²) in [5, 5.41) is 0. The average Bonchev–Trinajstić information content (AvgIpc) is 2.98. The maximum atomic E-state index is 13.6. The summed E-state index contributed by atoms with van der Waals surface area (Å²) in [4.78, 5) is 31.9. The Kier molecular flexibility index (Phi) is 5.55. The first-order chi connectivity index (χ1) is 14.4. The molecule has 2 aliphatic rings. The van der Waals surface area contributed by atoms with Crippen molar-refractivity contribution < 1.29 is 22.9 Å². The summed E-state index contributed by atoms with van der Waals surface area (Å²) in [5.41, 5.74) is 1.11. The fourth-order valence-electron chi connectivity index (χ4n) is 4.09. The molecule has 0 saturated carbocycles. The average molecular weight is 431 g/mol. The van der Waals surface area contributed by atoms with Gasteiger partial charge in [0.25, 0.3) is 5.91 Å². The molecule has 2 aromatic rings. The number of benzene rings is 1. The summed E-state index contributed by atoms with van der Waals surface area (Å²) in [6.45, 7) is 0.964. The molecular weight excluding hydrogens is 409 g/mol. The molecule has 30 heavy (non-hydrogen) atoms. The Morgan fingerprint density at radius 1 is 1.27 bits per heavy atom. The predicted octanol–water partition coefficient (Wildman–Crippen LogP) is 1.95. The van der Waals surface area contributed by atoms with Gasteiger partial charge in [-0.3, -0.25) is 13.8 Å². The van der Waals surface area contributed by atoms with Crippen LogP contribution in [0.1, 0.15) is 28.8 Å². The van der Waals surface area contributed by atoms with E-state index in [1.165, 1.54) is 25.4 Å². The van der Waals surface area contributed by atoms with E-state index >= 15 is 0 Å². The molecule has 0 radical (unpaired) electrons. The van der Waals surface area contributed by atoms with E-state index in [9.17, 15) is 18.2 Å². The van der Waals surface area contributed by atoms with Gasteiger partial charge in [-0.1, -0.05) is 12.1 Å². The van der Waals surface area contributed by atoms with E-state index in [2.05, 4.69) is 4.98 Å². The second-order valence-corrected chi connectivity index (χ2v) is 9.17. The molecule has 2 amide bonds. The first-order valence-corrected chi connectivity index (χ1v) is 11.0. The number of rotatable bonds is 4. The van der Waals surface area contributed by atoms with E-state index in [4.69, 9.17) is 4.74 Å². The highest BCUT2D eigenvalue weighted by Crippen LogP contribution is 2.38. The van der Waals surface area contributed by atoms with Crippen molar-refractivity contribution in [2.45, 2.75) is 24.3 Å². The molecule has 0 bridgehead atoms. The molecule has 7 nitrogen and oxygen atoms in total. The van der Waals surface area contributed by atoms with Gasteiger partial charge in [-0.15, -0.1) is 0 Å². The van der Waals surface area contributed by atoms with Crippen molar-refractivity contribution in [3.05, 3.63) is 59.5 Å². The first-order valence-electron chi connectivity index (χ1n) is 9.66. The molecule has 3 heterocycles. The number of hydrogen-bond donors (Lipinski definition) is 0. The Bertz CT molecular complexity index is 990. The van der Waals surface area contributed by atoms with Crippen molar-refractivity contribution in [2.75, 3.05) is 26.0 Å². The lowest BCUT2D eigenvalue weighted by Crippen LogP contribution is -2.55. The predicted molar refractivity (Wildman–Crippen MR) is 109 cm³/mol. The maximum Gasteiger partial charge on any atom is 0.255 e. The van der Waals surface area contributed by atoms with E-state index in [0.717, 1.165) is 0 Å². The number of amides is 2. The van der Waals surface area contributed by atoms with Gasteiger partial charge in [-0.25, -0.2) is 9.37 Å². The van der Waals surface area contributed by atoms with Gasteiger partial charge >= 0.3 is 0 Å². The Morgan fingerprint density at radius 3 is 2.67 bits per heavy atom. The van der Waals surface area contributed by atoms with Crippen LogP contribution in [-0.2, 0) is 22.1 Å². The quantitative estimate of drug-likeness (QED) is 0.739. The third-order valence-corrected chi connectivity index (χ3v) is 7.71. The highest BCUT2D eigenvalue weighted by molar-refractivity contribution is 7.87. The Labute approximate surface area is 176 Å². The molecule has 158 valence electrons. The van der Waals surface area contributed by atoms with Crippen molar-refractivity contribution in [3.63, 3.8) is 0 Å². The van der Waals surface area contributed by atoms with Gasteiger partial charge in [0.2, 0.25) is 11.8 Å². The van der Waals surface area contributed by atoms with E-state index < -0.39 is 15.7 Å². The zero-order valence-electron chi connectivity index (χ0n) is 16.5.